The Kier molecular flexibility index (Phi) is 2.57. The average molecular weight is 206 g/mol. The van der Waals surface area contributed by atoms with Crippen LogP contribution in [0, 0.1) is 5.41 Å². The van der Waals surface area contributed by atoms with Crippen LogP contribution in [0.2, 0.25) is 0 Å². The van der Waals surface area contributed by atoms with Crippen molar-refractivity contribution in [1.82, 2.24) is 10.2 Å². The van der Waals surface area contributed by atoms with Gasteiger partial charge in [0.15, 0.2) is 0 Å². The first-order valence-corrected chi connectivity index (χ1v) is 6.47. The number of rotatable bonds is 3. The van der Waals surface area contributed by atoms with Crippen molar-refractivity contribution in [3.8, 4) is 0 Å². The SMILES string of the molecule is C1=C(CCN2CC3(CCC3)C2)CCNC1. The lowest BCUT2D eigenvalue weighted by molar-refractivity contribution is -0.0587. The average Bonchev–Trinajstić information content (AvgIpc) is 2.15. The molecule has 0 unspecified atom stereocenters. The highest BCUT2D eigenvalue weighted by Gasteiger charge is 2.46. The second-order valence-electron chi connectivity index (χ2n) is 5.63. The summed E-state index contributed by atoms with van der Waals surface area (Å²) < 4.78 is 0. The maximum absolute atomic E-state index is 3.37. The Morgan fingerprint density at radius 2 is 2.20 bits per heavy atom. The van der Waals surface area contributed by atoms with Gasteiger partial charge in [-0.3, -0.25) is 0 Å². The lowest BCUT2D eigenvalue weighted by Gasteiger charge is -2.56. The standard InChI is InChI=1S/C13H22N2/c1-5-13(6-1)10-15(11-13)9-4-12-2-7-14-8-3-12/h2,14H,1,3-11H2. The molecule has 0 atom stereocenters. The zero-order valence-electron chi connectivity index (χ0n) is 9.60. The summed E-state index contributed by atoms with van der Waals surface area (Å²) in [7, 11) is 0. The summed E-state index contributed by atoms with van der Waals surface area (Å²) in [5, 5.41) is 3.37. The molecule has 84 valence electrons. The first-order chi connectivity index (χ1) is 7.36. The molecule has 2 nitrogen and oxygen atoms in total. The van der Waals surface area contributed by atoms with E-state index >= 15 is 0 Å². The fourth-order valence-electron chi connectivity index (χ4n) is 3.25. The van der Waals surface area contributed by atoms with E-state index in [2.05, 4.69) is 16.3 Å². The van der Waals surface area contributed by atoms with Crippen LogP contribution in [0.5, 0.6) is 0 Å². The van der Waals surface area contributed by atoms with Gasteiger partial charge in [-0.1, -0.05) is 18.1 Å². The number of nitrogens with zero attached hydrogens (tertiary/aromatic N) is 1. The van der Waals surface area contributed by atoms with Gasteiger partial charge in [0.05, 0.1) is 0 Å². The summed E-state index contributed by atoms with van der Waals surface area (Å²) >= 11 is 0. The smallest absolute Gasteiger partial charge is 0.0137 e. The van der Waals surface area contributed by atoms with Crippen molar-refractivity contribution in [2.75, 3.05) is 32.7 Å². The predicted molar refractivity (Wildman–Crippen MR) is 62.9 cm³/mol. The van der Waals surface area contributed by atoms with E-state index in [0.29, 0.717) is 0 Å². The Morgan fingerprint density at radius 3 is 2.80 bits per heavy atom. The van der Waals surface area contributed by atoms with Crippen LogP contribution in [0.1, 0.15) is 32.1 Å². The van der Waals surface area contributed by atoms with Crippen LogP contribution in [0.15, 0.2) is 11.6 Å². The Bertz CT molecular complexity index is 258. The molecule has 3 aliphatic rings. The molecule has 0 aromatic rings. The third kappa shape index (κ3) is 1.98. The molecule has 3 rings (SSSR count). The van der Waals surface area contributed by atoms with Crippen molar-refractivity contribution >= 4 is 0 Å². The number of hydrogen-bond acceptors (Lipinski definition) is 2. The number of nitrogens with one attached hydrogen (secondary N) is 1. The molecule has 15 heavy (non-hydrogen) atoms. The second kappa shape index (κ2) is 3.91. The molecular formula is C13H22N2. The van der Waals surface area contributed by atoms with Crippen molar-refractivity contribution in [3.05, 3.63) is 11.6 Å². The Hall–Kier alpha value is -0.340. The Morgan fingerprint density at radius 1 is 1.33 bits per heavy atom. The van der Waals surface area contributed by atoms with Gasteiger partial charge in [-0.2, -0.15) is 0 Å². The number of hydrogen-bond donors (Lipinski definition) is 1. The van der Waals surface area contributed by atoms with Crippen LogP contribution in [-0.4, -0.2) is 37.6 Å². The van der Waals surface area contributed by atoms with E-state index in [-0.39, 0.29) is 0 Å². The van der Waals surface area contributed by atoms with Crippen LogP contribution in [0.4, 0.5) is 0 Å². The van der Waals surface area contributed by atoms with Crippen LogP contribution in [-0.2, 0) is 0 Å². The fraction of sp³-hybridized carbons (Fsp3) is 0.846. The van der Waals surface area contributed by atoms with Gasteiger partial charge in [0.1, 0.15) is 0 Å². The summed E-state index contributed by atoms with van der Waals surface area (Å²) in [6.07, 6.45) is 9.50. The van der Waals surface area contributed by atoms with Gasteiger partial charge in [-0.15, -0.1) is 0 Å². The van der Waals surface area contributed by atoms with Crippen LogP contribution < -0.4 is 5.32 Å². The van der Waals surface area contributed by atoms with Crippen molar-refractivity contribution in [3.63, 3.8) is 0 Å². The molecule has 2 heterocycles. The molecule has 1 spiro atoms. The molecule has 0 aromatic carbocycles. The largest absolute Gasteiger partial charge is 0.313 e. The molecule has 2 aliphatic heterocycles. The third-order valence-electron chi connectivity index (χ3n) is 4.44. The topological polar surface area (TPSA) is 15.3 Å². The Balaban J connectivity index is 1.38. The summed E-state index contributed by atoms with van der Waals surface area (Å²) in [5.74, 6) is 0. The normalized spacial score (nSPS) is 29.5. The number of likely N-dealkylation sites (tertiary alicyclic amines) is 1. The first kappa shape index (κ1) is 9.86. The molecule has 1 N–H and O–H groups in total. The van der Waals surface area contributed by atoms with Gasteiger partial charge in [0, 0.05) is 26.2 Å². The minimum absolute atomic E-state index is 0.808. The monoisotopic (exact) mass is 206 g/mol. The van der Waals surface area contributed by atoms with Crippen molar-refractivity contribution in [2.24, 2.45) is 5.41 Å². The summed E-state index contributed by atoms with van der Waals surface area (Å²) in [6, 6.07) is 0. The highest BCUT2D eigenvalue weighted by Crippen LogP contribution is 2.48. The molecule has 0 bridgehead atoms. The molecule has 0 aromatic heterocycles. The zero-order chi connectivity index (χ0) is 10.1. The van der Waals surface area contributed by atoms with E-state index in [1.807, 2.05) is 0 Å². The van der Waals surface area contributed by atoms with Gasteiger partial charge < -0.3 is 10.2 Å². The summed E-state index contributed by atoms with van der Waals surface area (Å²) in [5.41, 5.74) is 2.49. The maximum Gasteiger partial charge on any atom is 0.0137 e. The minimum Gasteiger partial charge on any atom is -0.313 e. The van der Waals surface area contributed by atoms with E-state index in [1.54, 1.807) is 5.57 Å². The zero-order valence-corrected chi connectivity index (χ0v) is 9.60. The lowest BCUT2D eigenvalue weighted by Crippen LogP contribution is -2.59. The summed E-state index contributed by atoms with van der Waals surface area (Å²) in [4.78, 5) is 2.65. The van der Waals surface area contributed by atoms with Gasteiger partial charge in [-0.05, 0) is 37.6 Å². The van der Waals surface area contributed by atoms with Crippen molar-refractivity contribution in [2.45, 2.75) is 32.1 Å². The molecule has 0 radical (unpaired) electrons. The first-order valence-electron chi connectivity index (χ1n) is 6.47. The summed E-state index contributed by atoms with van der Waals surface area (Å²) in [6.45, 7) is 6.40. The van der Waals surface area contributed by atoms with E-state index in [9.17, 15) is 0 Å². The third-order valence-corrected chi connectivity index (χ3v) is 4.44. The van der Waals surface area contributed by atoms with Gasteiger partial charge in [0.25, 0.3) is 0 Å². The lowest BCUT2D eigenvalue weighted by atomic mass is 9.63. The molecule has 1 aliphatic carbocycles. The fourth-order valence-corrected chi connectivity index (χ4v) is 3.25. The van der Waals surface area contributed by atoms with E-state index in [0.717, 1.165) is 12.0 Å². The maximum atomic E-state index is 3.37. The van der Waals surface area contributed by atoms with Gasteiger partial charge in [0.2, 0.25) is 0 Å². The highest BCUT2D eigenvalue weighted by molar-refractivity contribution is 5.08. The van der Waals surface area contributed by atoms with Crippen molar-refractivity contribution in [1.29, 1.82) is 0 Å². The molecule has 2 fully saturated rings. The van der Waals surface area contributed by atoms with E-state index in [1.165, 1.54) is 58.3 Å². The predicted octanol–water partition coefficient (Wildman–Crippen LogP) is 1.78. The molecule has 1 saturated carbocycles. The van der Waals surface area contributed by atoms with E-state index < -0.39 is 0 Å². The quantitative estimate of drug-likeness (QED) is 0.708. The minimum atomic E-state index is 0.808. The van der Waals surface area contributed by atoms with Gasteiger partial charge in [-0.25, -0.2) is 0 Å². The second-order valence-corrected chi connectivity index (χ2v) is 5.63. The van der Waals surface area contributed by atoms with Gasteiger partial charge >= 0.3 is 0 Å². The Labute approximate surface area is 92.7 Å². The van der Waals surface area contributed by atoms with Crippen LogP contribution >= 0.6 is 0 Å². The van der Waals surface area contributed by atoms with Crippen LogP contribution in [0.25, 0.3) is 0 Å². The van der Waals surface area contributed by atoms with E-state index in [4.69, 9.17) is 0 Å². The molecule has 0 amide bonds. The van der Waals surface area contributed by atoms with Crippen molar-refractivity contribution < 1.29 is 0 Å². The van der Waals surface area contributed by atoms with Crippen LogP contribution in [0.3, 0.4) is 0 Å². The molecular weight excluding hydrogens is 184 g/mol. The molecule has 1 saturated heterocycles. The highest BCUT2D eigenvalue weighted by atomic mass is 15.2. The molecule has 2 heteroatoms.